The first kappa shape index (κ1) is 18.3. The molecule has 2 N–H and O–H groups in total. The van der Waals surface area contributed by atoms with Gasteiger partial charge < -0.3 is 10.6 Å². The van der Waals surface area contributed by atoms with Crippen molar-refractivity contribution in [3.8, 4) is 0 Å². The molecule has 2 fully saturated rings. The molecule has 0 spiro atoms. The number of hydrogen-bond acceptors (Lipinski definition) is 2. The fourth-order valence-corrected chi connectivity index (χ4v) is 4.36. The number of benzene rings is 1. The highest BCUT2D eigenvalue weighted by atomic mass is 35.5. The Labute approximate surface area is 146 Å². The second kappa shape index (κ2) is 8.16. The minimum atomic E-state index is 0. The van der Waals surface area contributed by atoms with Gasteiger partial charge in [-0.25, -0.2) is 0 Å². The molecular weight excluding hydrogens is 308 g/mol. The smallest absolute Gasteiger partial charge is 0.226 e. The van der Waals surface area contributed by atoms with Crippen LogP contribution in [-0.4, -0.2) is 29.9 Å². The Balaban J connectivity index is 0.00000192. The van der Waals surface area contributed by atoms with Crippen molar-refractivity contribution >= 4 is 18.3 Å². The van der Waals surface area contributed by atoms with Gasteiger partial charge in [0.25, 0.3) is 0 Å². The Hall–Kier alpha value is -1.06. The molecule has 2 unspecified atom stereocenters. The van der Waals surface area contributed by atoms with Gasteiger partial charge in [-0.3, -0.25) is 4.79 Å². The standard InChI is InChI=1S/C19H28N2O.ClH/c1-14-16(12-15-6-3-2-4-7-15)10-11-21(14)19(22)18-9-5-8-17(18)13-20;/h2-4,6-7,14,16-18H,5,8-13,20H2,1H3;1H/t14?,16?,17-,18-;/m1./s1. The average molecular weight is 337 g/mol. The normalized spacial score (nSPS) is 30.3. The molecule has 1 saturated carbocycles. The van der Waals surface area contributed by atoms with Gasteiger partial charge >= 0.3 is 0 Å². The number of carbonyl (C=O) groups is 1. The van der Waals surface area contributed by atoms with Gasteiger partial charge in [0.15, 0.2) is 0 Å². The van der Waals surface area contributed by atoms with Crippen molar-refractivity contribution in [2.24, 2.45) is 23.5 Å². The molecule has 0 radical (unpaired) electrons. The van der Waals surface area contributed by atoms with E-state index in [1.807, 2.05) is 0 Å². The van der Waals surface area contributed by atoms with E-state index in [0.29, 0.717) is 30.3 Å². The Bertz CT molecular complexity index is 507. The van der Waals surface area contributed by atoms with E-state index in [1.165, 1.54) is 5.56 Å². The van der Waals surface area contributed by atoms with E-state index in [2.05, 4.69) is 42.2 Å². The molecule has 1 heterocycles. The van der Waals surface area contributed by atoms with Crippen LogP contribution in [0.4, 0.5) is 0 Å². The molecule has 3 nitrogen and oxygen atoms in total. The molecule has 4 heteroatoms. The molecule has 23 heavy (non-hydrogen) atoms. The topological polar surface area (TPSA) is 46.3 Å². The lowest BCUT2D eigenvalue weighted by atomic mass is 9.92. The zero-order valence-corrected chi connectivity index (χ0v) is 14.8. The predicted molar refractivity (Wildman–Crippen MR) is 96.6 cm³/mol. The molecule has 1 aliphatic heterocycles. The molecule has 1 aromatic carbocycles. The van der Waals surface area contributed by atoms with Crippen LogP contribution >= 0.6 is 12.4 Å². The number of halogens is 1. The van der Waals surface area contributed by atoms with Crippen LogP contribution in [0.5, 0.6) is 0 Å². The number of nitrogens with zero attached hydrogens (tertiary/aromatic N) is 1. The molecule has 4 atom stereocenters. The van der Waals surface area contributed by atoms with Crippen LogP contribution in [0.15, 0.2) is 30.3 Å². The number of amides is 1. The number of likely N-dealkylation sites (tertiary alicyclic amines) is 1. The number of carbonyl (C=O) groups excluding carboxylic acids is 1. The van der Waals surface area contributed by atoms with Crippen LogP contribution in [0.2, 0.25) is 0 Å². The van der Waals surface area contributed by atoms with Crippen molar-refractivity contribution in [2.75, 3.05) is 13.1 Å². The van der Waals surface area contributed by atoms with Gasteiger partial charge in [-0.05, 0) is 56.6 Å². The van der Waals surface area contributed by atoms with Gasteiger partial charge in [0.2, 0.25) is 5.91 Å². The van der Waals surface area contributed by atoms with Crippen molar-refractivity contribution in [2.45, 2.75) is 45.1 Å². The third kappa shape index (κ3) is 3.89. The van der Waals surface area contributed by atoms with Crippen molar-refractivity contribution in [3.63, 3.8) is 0 Å². The Morgan fingerprint density at radius 2 is 1.91 bits per heavy atom. The highest BCUT2D eigenvalue weighted by molar-refractivity contribution is 5.85. The van der Waals surface area contributed by atoms with Crippen molar-refractivity contribution < 1.29 is 4.79 Å². The number of hydrogen-bond donors (Lipinski definition) is 1. The zero-order chi connectivity index (χ0) is 15.5. The fourth-order valence-electron chi connectivity index (χ4n) is 4.36. The van der Waals surface area contributed by atoms with E-state index >= 15 is 0 Å². The summed E-state index contributed by atoms with van der Waals surface area (Å²) in [5.41, 5.74) is 7.24. The largest absolute Gasteiger partial charge is 0.339 e. The minimum absolute atomic E-state index is 0. The van der Waals surface area contributed by atoms with Crippen molar-refractivity contribution in [1.29, 1.82) is 0 Å². The first-order valence-electron chi connectivity index (χ1n) is 8.75. The van der Waals surface area contributed by atoms with Crippen LogP contribution in [0.1, 0.15) is 38.2 Å². The van der Waals surface area contributed by atoms with Crippen LogP contribution in [0.3, 0.4) is 0 Å². The molecule has 3 rings (SSSR count). The first-order valence-corrected chi connectivity index (χ1v) is 8.75. The van der Waals surface area contributed by atoms with Gasteiger partial charge in [-0.2, -0.15) is 0 Å². The zero-order valence-electron chi connectivity index (χ0n) is 14.0. The SMILES string of the molecule is CC1C(Cc2ccccc2)CCN1C(=O)[C@@H]1CCC[C@@H]1CN.Cl. The monoisotopic (exact) mass is 336 g/mol. The first-order chi connectivity index (χ1) is 10.7. The van der Waals surface area contributed by atoms with Gasteiger partial charge in [-0.1, -0.05) is 36.8 Å². The van der Waals surface area contributed by atoms with Crippen molar-refractivity contribution in [1.82, 2.24) is 4.90 Å². The summed E-state index contributed by atoms with van der Waals surface area (Å²) in [7, 11) is 0. The maximum Gasteiger partial charge on any atom is 0.226 e. The van der Waals surface area contributed by atoms with E-state index < -0.39 is 0 Å². The van der Waals surface area contributed by atoms with E-state index in [1.54, 1.807) is 0 Å². The summed E-state index contributed by atoms with van der Waals surface area (Å²) >= 11 is 0. The highest BCUT2D eigenvalue weighted by Gasteiger charge is 2.40. The van der Waals surface area contributed by atoms with E-state index in [0.717, 1.165) is 38.6 Å². The molecule has 1 saturated heterocycles. The third-order valence-electron chi connectivity index (χ3n) is 5.82. The van der Waals surface area contributed by atoms with E-state index in [4.69, 9.17) is 5.73 Å². The highest BCUT2D eigenvalue weighted by Crippen LogP contribution is 2.36. The summed E-state index contributed by atoms with van der Waals surface area (Å²) in [5, 5.41) is 0. The van der Waals surface area contributed by atoms with Crippen LogP contribution in [0, 0.1) is 17.8 Å². The molecular formula is C19H29ClN2O. The summed E-state index contributed by atoms with van der Waals surface area (Å²) in [6.07, 6.45) is 5.53. The maximum atomic E-state index is 12.9. The molecule has 0 aromatic heterocycles. The number of nitrogens with two attached hydrogens (primary N) is 1. The van der Waals surface area contributed by atoms with Crippen molar-refractivity contribution in [3.05, 3.63) is 35.9 Å². The molecule has 2 aliphatic rings. The molecule has 1 amide bonds. The quantitative estimate of drug-likeness (QED) is 0.917. The van der Waals surface area contributed by atoms with Gasteiger partial charge in [0.1, 0.15) is 0 Å². The molecule has 1 aliphatic carbocycles. The summed E-state index contributed by atoms with van der Waals surface area (Å²) in [6.45, 7) is 3.81. The average Bonchev–Trinajstić information content (AvgIpc) is 3.15. The van der Waals surface area contributed by atoms with Gasteiger partial charge in [0, 0.05) is 18.5 Å². The number of rotatable bonds is 4. The minimum Gasteiger partial charge on any atom is -0.339 e. The van der Waals surface area contributed by atoms with Gasteiger partial charge in [-0.15, -0.1) is 12.4 Å². The molecule has 0 bridgehead atoms. The predicted octanol–water partition coefficient (Wildman–Crippen LogP) is 3.26. The second-order valence-corrected chi connectivity index (χ2v) is 7.04. The fraction of sp³-hybridized carbons (Fsp3) is 0.632. The Morgan fingerprint density at radius 3 is 2.61 bits per heavy atom. The summed E-state index contributed by atoms with van der Waals surface area (Å²) in [5.74, 6) is 1.55. The molecule has 128 valence electrons. The van der Waals surface area contributed by atoms with Gasteiger partial charge in [0.05, 0.1) is 0 Å². The van der Waals surface area contributed by atoms with E-state index in [-0.39, 0.29) is 18.3 Å². The second-order valence-electron chi connectivity index (χ2n) is 7.04. The van der Waals surface area contributed by atoms with E-state index in [9.17, 15) is 4.79 Å². The molecule has 1 aromatic rings. The Kier molecular flexibility index (Phi) is 6.49. The summed E-state index contributed by atoms with van der Waals surface area (Å²) in [6, 6.07) is 11.0. The van der Waals surface area contributed by atoms with Crippen LogP contribution < -0.4 is 5.73 Å². The maximum absolute atomic E-state index is 12.9. The summed E-state index contributed by atoms with van der Waals surface area (Å²) < 4.78 is 0. The lowest BCUT2D eigenvalue weighted by Gasteiger charge is -2.29. The van der Waals surface area contributed by atoms with Crippen LogP contribution in [-0.2, 0) is 11.2 Å². The lowest BCUT2D eigenvalue weighted by Crippen LogP contribution is -2.42. The Morgan fingerprint density at radius 1 is 1.17 bits per heavy atom. The van der Waals surface area contributed by atoms with Crippen LogP contribution in [0.25, 0.3) is 0 Å². The summed E-state index contributed by atoms with van der Waals surface area (Å²) in [4.78, 5) is 15.0. The lowest BCUT2D eigenvalue weighted by molar-refractivity contribution is -0.137. The third-order valence-corrected chi connectivity index (χ3v) is 5.82.